The summed E-state index contributed by atoms with van der Waals surface area (Å²) < 4.78 is 37.7. The van der Waals surface area contributed by atoms with Gasteiger partial charge in [-0.2, -0.15) is 18.3 Å². The van der Waals surface area contributed by atoms with Gasteiger partial charge in [0.15, 0.2) is 0 Å². The maximum atomic E-state index is 12.6. The second-order valence-electron chi connectivity index (χ2n) is 5.43. The molecule has 0 saturated heterocycles. The molecule has 1 N–H and O–H groups in total. The molecule has 1 aromatic heterocycles. The predicted molar refractivity (Wildman–Crippen MR) is 94.0 cm³/mol. The monoisotopic (exact) mass is 384 g/mol. The van der Waals surface area contributed by atoms with Gasteiger partial charge in [0.2, 0.25) is 0 Å². The van der Waals surface area contributed by atoms with Gasteiger partial charge in [0.05, 0.1) is 11.3 Å². The maximum absolute atomic E-state index is 12.6. The SMILES string of the molecule is CC(=NN(C)c1ccc(C(F)(F)F)cc1)C(=O)NCc1ccc(Cl)nc1. The van der Waals surface area contributed by atoms with Crippen molar-refractivity contribution in [2.75, 3.05) is 12.1 Å². The molecule has 0 fully saturated rings. The highest BCUT2D eigenvalue weighted by molar-refractivity contribution is 6.38. The molecule has 1 amide bonds. The molecule has 0 aliphatic heterocycles. The van der Waals surface area contributed by atoms with E-state index in [-0.39, 0.29) is 12.3 Å². The average Bonchev–Trinajstić information content (AvgIpc) is 2.60. The number of hydrogen-bond acceptors (Lipinski definition) is 4. The summed E-state index contributed by atoms with van der Waals surface area (Å²) in [7, 11) is 1.54. The van der Waals surface area contributed by atoms with Crippen LogP contribution < -0.4 is 10.3 Å². The summed E-state index contributed by atoms with van der Waals surface area (Å²) in [6, 6.07) is 7.85. The normalized spacial score (nSPS) is 12.0. The molecule has 2 aromatic rings. The number of benzene rings is 1. The van der Waals surface area contributed by atoms with Crippen molar-refractivity contribution in [1.82, 2.24) is 10.3 Å². The van der Waals surface area contributed by atoms with Crippen LogP contribution in [0.15, 0.2) is 47.7 Å². The van der Waals surface area contributed by atoms with Gasteiger partial charge in [0.25, 0.3) is 5.91 Å². The minimum Gasteiger partial charge on any atom is -0.347 e. The molecule has 0 atom stereocenters. The highest BCUT2D eigenvalue weighted by Crippen LogP contribution is 2.30. The van der Waals surface area contributed by atoms with Crippen LogP contribution in [0.3, 0.4) is 0 Å². The fraction of sp³-hybridized carbons (Fsp3) is 0.235. The number of pyridine rings is 1. The van der Waals surface area contributed by atoms with Crippen molar-refractivity contribution >= 4 is 28.9 Å². The van der Waals surface area contributed by atoms with Crippen molar-refractivity contribution < 1.29 is 18.0 Å². The number of nitrogens with one attached hydrogen (secondary N) is 1. The summed E-state index contributed by atoms with van der Waals surface area (Å²) in [5.41, 5.74) is 0.609. The topological polar surface area (TPSA) is 57.6 Å². The number of carbonyl (C=O) groups excluding carboxylic acids is 1. The smallest absolute Gasteiger partial charge is 0.347 e. The van der Waals surface area contributed by atoms with E-state index < -0.39 is 17.6 Å². The molecule has 9 heteroatoms. The van der Waals surface area contributed by atoms with Crippen LogP contribution in [0.4, 0.5) is 18.9 Å². The number of rotatable bonds is 5. The molecule has 0 saturated carbocycles. The van der Waals surface area contributed by atoms with E-state index in [4.69, 9.17) is 11.6 Å². The van der Waals surface area contributed by atoms with Gasteiger partial charge < -0.3 is 5.32 Å². The molecule has 26 heavy (non-hydrogen) atoms. The molecule has 5 nitrogen and oxygen atoms in total. The molecule has 0 radical (unpaired) electrons. The Kier molecular flexibility index (Phi) is 6.20. The zero-order valence-corrected chi connectivity index (χ0v) is 14.8. The van der Waals surface area contributed by atoms with Gasteiger partial charge in [-0.3, -0.25) is 9.80 Å². The minimum absolute atomic E-state index is 0.161. The van der Waals surface area contributed by atoms with E-state index in [0.29, 0.717) is 10.8 Å². The van der Waals surface area contributed by atoms with Crippen LogP contribution in [0, 0.1) is 0 Å². The van der Waals surface area contributed by atoms with Crippen LogP contribution in [0.1, 0.15) is 18.1 Å². The third-order valence-electron chi connectivity index (χ3n) is 3.44. The highest BCUT2D eigenvalue weighted by Gasteiger charge is 2.30. The molecular weight excluding hydrogens is 369 g/mol. The van der Waals surface area contributed by atoms with Gasteiger partial charge >= 0.3 is 6.18 Å². The maximum Gasteiger partial charge on any atom is 0.416 e. The van der Waals surface area contributed by atoms with Gasteiger partial charge in [-0.15, -0.1) is 0 Å². The van der Waals surface area contributed by atoms with Crippen molar-refractivity contribution in [3.63, 3.8) is 0 Å². The molecule has 1 heterocycles. The number of halogens is 4. The van der Waals surface area contributed by atoms with Crippen LogP contribution in [-0.4, -0.2) is 23.7 Å². The molecule has 1 aromatic carbocycles. The Balaban J connectivity index is 1.98. The Morgan fingerprint density at radius 1 is 1.23 bits per heavy atom. The Morgan fingerprint density at radius 2 is 1.88 bits per heavy atom. The number of hydrogen-bond donors (Lipinski definition) is 1. The molecule has 0 spiro atoms. The second kappa shape index (κ2) is 8.18. The zero-order chi connectivity index (χ0) is 19.3. The Bertz CT molecular complexity index is 789. The average molecular weight is 385 g/mol. The van der Waals surface area contributed by atoms with E-state index in [2.05, 4.69) is 15.4 Å². The molecule has 0 bridgehead atoms. The van der Waals surface area contributed by atoms with Crippen LogP contribution >= 0.6 is 11.6 Å². The second-order valence-corrected chi connectivity index (χ2v) is 5.81. The standard InChI is InChI=1S/C17H16ClF3N4O/c1-11(16(26)23-10-12-3-8-15(18)22-9-12)24-25(2)14-6-4-13(5-7-14)17(19,20)21/h3-9H,10H2,1-2H3,(H,23,26). The number of nitrogens with zero attached hydrogens (tertiary/aromatic N) is 3. The third-order valence-corrected chi connectivity index (χ3v) is 3.66. The van der Waals surface area contributed by atoms with Gasteiger partial charge in [-0.1, -0.05) is 17.7 Å². The summed E-state index contributed by atoms with van der Waals surface area (Å²) in [6.07, 6.45) is -2.85. The number of aromatic nitrogens is 1. The van der Waals surface area contributed by atoms with E-state index in [1.165, 1.54) is 24.1 Å². The zero-order valence-electron chi connectivity index (χ0n) is 14.0. The summed E-state index contributed by atoms with van der Waals surface area (Å²) in [5.74, 6) is -0.404. The first-order valence-electron chi connectivity index (χ1n) is 7.51. The van der Waals surface area contributed by atoms with Crippen LogP contribution in [0.25, 0.3) is 0 Å². The fourth-order valence-electron chi connectivity index (χ4n) is 2.02. The first-order valence-corrected chi connectivity index (χ1v) is 7.89. The first kappa shape index (κ1) is 19.7. The molecule has 0 aliphatic rings. The predicted octanol–water partition coefficient (Wildman–Crippen LogP) is 3.88. The quantitative estimate of drug-likeness (QED) is 0.483. The lowest BCUT2D eigenvalue weighted by atomic mass is 10.2. The largest absolute Gasteiger partial charge is 0.416 e. The van der Waals surface area contributed by atoms with Crippen LogP contribution in [0.5, 0.6) is 0 Å². The van der Waals surface area contributed by atoms with Crippen molar-refractivity contribution in [3.05, 3.63) is 58.9 Å². The van der Waals surface area contributed by atoms with E-state index >= 15 is 0 Å². The number of carbonyl (C=O) groups is 1. The lowest BCUT2D eigenvalue weighted by Crippen LogP contribution is -2.30. The van der Waals surface area contributed by atoms with Crippen molar-refractivity contribution in [3.8, 4) is 0 Å². The van der Waals surface area contributed by atoms with E-state index in [1.54, 1.807) is 25.4 Å². The lowest BCUT2D eigenvalue weighted by Gasteiger charge is -2.15. The Labute approximate surface area is 153 Å². The molecule has 0 unspecified atom stereocenters. The summed E-state index contributed by atoms with van der Waals surface area (Å²) in [6.45, 7) is 1.76. The van der Waals surface area contributed by atoms with E-state index in [1.807, 2.05) is 0 Å². The number of alkyl halides is 3. The summed E-state index contributed by atoms with van der Waals surface area (Å²) in [5, 5.41) is 8.45. The van der Waals surface area contributed by atoms with Crippen LogP contribution in [0.2, 0.25) is 5.15 Å². The van der Waals surface area contributed by atoms with Crippen molar-refractivity contribution in [2.45, 2.75) is 19.6 Å². The van der Waals surface area contributed by atoms with E-state index in [9.17, 15) is 18.0 Å². The van der Waals surface area contributed by atoms with Crippen molar-refractivity contribution in [2.24, 2.45) is 5.10 Å². The number of anilines is 1. The van der Waals surface area contributed by atoms with Gasteiger partial charge in [-0.05, 0) is 42.8 Å². The van der Waals surface area contributed by atoms with Gasteiger partial charge in [0.1, 0.15) is 10.9 Å². The van der Waals surface area contributed by atoms with E-state index in [0.717, 1.165) is 17.7 Å². The molecule has 138 valence electrons. The van der Waals surface area contributed by atoms with Crippen LogP contribution in [-0.2, 0) is 17.5 Å². The molecule has 2 rings (SSSR count). The fourth-order valence-corrected chi connectivity index (χ4v) is 2.13. The minimum atomic E-state index is -4.40. The van der Waals surface area contributed by atoms with Crippen molar-refractivity contribution in [1.29, 1.82) is 0 Å². The Morgan fingerprint density at radius 3 is 2.42 bits per heavy atom. The number of amides is 1. The summed E-state index contributed by atoms with van der Waals surface area (Å²) in [4.78, 5) is 16.0. The molecule has 0 aliphatic carbocycles. The first-order chi connectivity index (χ1) is 12.2. The third kappa shape index (κ3) is 5.45. The highest BCUT2D eigenvalue weighted by atomic mass is 35.5. The lowest BCUT2D eigenvalue weighted by molar-refractivity contribution is -0.137. The molecular formula is C17H16ClF3N4O. The van der Waals surface area contributed by atoms with Gasteiger partial charge in [0, 0.05) is 19.8 Å². The van der Waals surface area contributed by atoms with Gasteiger partial charge in [-0.25, -0.2) is 4.98 Å². The summed E-state index contributed by atoms with van der Waals surface area (Å²) >= 11 is 5.69. The Hall–Kier alpha value is -2.61. The number of hydrazone groups is 1.